The molecule has 0 aromatic heterocycles. The first-order chi connectivity index (χ1) is 11.0. The minimum Gasteiger partial charge on any atom is -0.463 e. The number of rotatable bonds is 5. The number of aliphatic hydroxyl groups is 1. The molecule has 0 bridgehead atoms. The quantitative estimate of drug-likeness (QED) is 0.387. The van der Waals surface area contributed by atoms with Gasteiger partial charge in [-0.25, -0.2) is 4.79 Å². The van der Waals surface area contributed by atoms with Gasteiger partial charge in [0.25, 0.3) is 5.69 Å². The number of anilines is 1. The second-order valence-electron chi connectivity index (χ2n) is 5.30. The fourth-order valence-electron chi connectivity index (χ4n) is 2.51. The average molecular weight is 320 g/mol. The second-order valence-corrected chi connectivity index (χ2v) is 5.30. The average Bonchev–Trinajstić information content (AvgIpc) is 2.53. The zero-order valence-corrected chi connectivity index (χ0v) is 13.0. The SMILES string of the molecule is CCOC(=O)C=Cc1cc(N2CCC(O)CC2)ccc1[N+](=O)[O-]. The predicted molar refractivity (Wildman–Crippen MR) is 86.2 cm³/mol. The van der Waals surface area contributed by atoms with Crippen LogP contribution in [0, 0.1) is 10.1 Å². The zero-order chi connectivity index (χ0) is 16.8. The first-order valence-corrected chi connectivity index (χ1v) is 7.57. The van der Waals surface area contributed by atoms with Crippen LogP contribution >= 0.6 is 0 Å². The molecule has 1 saturated heterocycles. The smallest absolute Gasteiger partial charge is 0.330 e. The third-order valence-corrected chi connectivity index (χ3v) is 3.72. The number of nitro benzene ring substituents is 1. The van der Waals surface area contributed by atoms with E-state index < -0.39 is 10.9 Å². The Morgan fingerprint density at radius 3 is 2.78 bits per heavy atom. The number of nitrogens with zero attached hydrogens (tertiary/aromatic N) is 2. The van der Waals surface area contributed by atoms with Crippen molar-refractivity contribution in [1.82, 2.24) is 0 Å². The van der Waals surface area contributed by atoms with Crippen molar-refractivity contribution in [2.75, 3.05) is 24.6 Å². The Labute approximate surface area is 134 Å². The summed E-state index contributed by atoms with van der Waals surface area (Å²) in [4.78, 5) is 24.1. The molecule has 0 radical (unpaired) electrons. The van der Waals surface area contributed by atoms with E-state index in [2.05, 4.69) is 4.90 Å². The van der Waals surface area contributed by atoms with Crippen molar-refractivity contribution in [1.29, 1.82) is 0 Å². The number of aliphatic hydroxyl groups excluding tert-OH is 1. The van der Waals surface area contributed by atoms with Crippen molar-refractivity contribution in [2.24, 2.45) is 0 Å². The van der Waals surface area contributed by atoms with Crippen LogP contribution in [0.2, 0.25) is 0 Å². The van der Waals surface area contributed by atoms with Crippen molar-refractivity contribution in [3.8, 4) is 0 Å². The zero-order valence-electron chi connectivity index (χ0n) is 13.0. The molecular formula is C16H20N2O5. The molecule has 1 aliphatic heterocycles. The van der Waals surface area contributed by atoms with E-state index in [4.69, 9.17) is 4.74 Å². The van der Waals surface area contributed by atoms with Crippen LogP contribution in [0.25, 0.3) is 6.08 Å². The molecule has 0 saturated carbocycles. The fourth-order valence-corrected chi connectivity index (χ4v) is 2.51. The molecule has 0 unspecified atom stereocenters. The van der Waals surface area contributed by atoms with Crippen LogP contribution in [0.4, 0.5) is 11.4 Å². The van der Waals surface area contributed by atoms with Gasteiger partial charge in [-0.3, -0.25) is 10.1 Å². The van der Waals surface area contributed by atoms with Gasteiger partial charge in [0.05, 0.1) is 23.2 Å². The van der Waals surface area contributed by atoms with Gasteiger partial charge in [-0.05, 0) is 38.0 Å². The van der Waals surface area contributed by atoms with Gasteiger partial charge in [-0.1, -0.05) is 0 Å². The lowest BCUT2D eigenvalue weighted by Crippen LogP contribution is -2.35. The third kappa shape index (κ3) is 4.53. The molecule has 0 amide bonds. The van der Waals surface area contributed by atoms with E-state index in [0.29, 0.717) is 31.5 Å². The number of benzene rings is 1. The molecule has 0 atom stereocenters. The van der Waals surface area contributed by atoms with Gasteiger partial charge in [-0.2, -0.15) is 0 Å². The van der Waals surface area contributed by atoms with Crippen molar-refractivity contribution in [3.05, 3.63) is 40.0 Å². The molecule has 23 heavy (non-hydrogen) atoms. The van der Waals surface area contributed by atoms with Crippen LogP contribution in [0.1, 0.15) is 25.3 Å². The Balaban J connectivity index is 2.25. The van der Waals surface area contributed by atoms with Crippen molar-refractivity contribution in [2.45, 2.75) is 25.9 Å². The molecule has 1 N–H and O–H groups in total. The molecule has 1 heterocycles. The fraction of sp³-hybridized carbons (Fsp3) is 0.438. The summed E-state index contributed by atoms with van der Waals surface area (Å²) in [7, 11) is 0. The Hall–Kier alpha value is -2.41. The van der Waals surface area contributed by atoms with Gasteiger partial charge in [0.2, 0.25) is 0 Å². The Kier molecular flexibility index (Phi) is 5.70. The summed E-state index contributed by atoms with van der Waals surface area (Å²) in [5.41, 5.74) is 1.13. The highest BCUT2D eigenvalue weighted by Gasteiger charge is 2.20. The normalized spacial score (nSPS) is 15.8. The first kappa shape index (κ1) is 17.0. The highest BCUT2D eigenvalue weighted by Crippen LogP contribution is 2.28. The van der Waals surface area contributed by atoms with Crippen LogP contribution in [-0.4, -0.2) is 41.8 Å². The van der Waals surface area contributed by atoms with Crippen molar-refractivity contribution in [3.63, 3.8) is 0 Å². The van der Waals surface area contributed by atoms with Crippen molar-refractivity contribution >= 4 is 23.4 Å². The Morgan fingerprint density at radius 1 is 1.48 bits per heavy atom. The Morgan fingerprint density at radius 2 is 2.17 bits per heavy atom. The summed E-state index contributed by atoms with van der Waals surface area (Å²) >= 11 is 0. The van der Waals surface area contributed by atoms with Crippen LogP contribution in [-0.2, 0) is 9.53 Å². The number of ether oxygens (including phenoxy) is 1. The van der Waals surface area contributed by atoms with Crippen LogP contribution in [0.3, 0.4) is 0 Å². The third-order valence-electron chi connectivity index (χ3n) is 3.72. The lowest BCUT2D eigenvalue weighted by atomic mass is 10.1. The van der Waals surface area contributed by atoms with Gasteiger partial charge in [0.15, 0.2) is 0 Å². The van der Waals surface area contributed by atoms with E-state index >= 15 is 0 Å². The summed E-state index contributed by atoms with van der Waals surface area (Å²) in [5, 5.41) is 20.7. The topological polar surface area (TPSA) is 92.9 Å². The lowest BCUT2D eigenvalue weighted by molar-refractivity contribution is -0.385. The van der Waals surface area contributed by atoms with E-state index in [0.717, 1.165) is 5.69 Å². The van der Waals surface area contributed by atoms with Gasteiger partial charge in [-0.15, -0.1) is 0 Å². The number of piperidine rings is 1. The molecule has 1 aromatic rings. The number of hydrogen-bond donors (Lipinski definition) is 1. The van der Waals surface area contributed by atoms with E-state index in [1.807, 2.05) is 0 Å². The van der Waals surface area contributed by atoms with E-state index in [9.17, 15) is 20.0 Å². The van der Waals surface area contributed by atoms with Crippen LogP contribution in [0.15, 0.2) is 24.3 Å². The summed E-state index contributed by atoms with van der Waals surface area (Å²) in [6.45, 7) is 3.33. The molecule has 7 nitrogen and oxygen atoms in total. The standard InChI is InChI=1S/C16H20N2O5/c1-2-23-16(20)6-3-12-11-13(4-5-15(12)18(21)22)17-9-7-14(19)8-10-17/h3-6,11,14,19H,2,7-10H2,1H3. The van der Waals surface area contributed by atoms with Crippen LogP contribution in [0.5, 0.6) is 0 Å². The van der Waals surface area contributed by atoms with Gasteiger partial charge in [0, 0.05) is 30.9 Å². The van der Waals surface area contributed by atoms with Gasteiger partial charge in [0.1, 0.15) is 0 Å². The number of carbonyl (C=O) groups is 1. The summed E-state index contributed by atoms with van der Waals surface area (Å²) in [6, 6.07) is 4.81. The minimum atomic E-state index is -0.534. The molecule has 7 heteroatoms. The van der Waals surface area contributed by atoms with Gasteiger partial charge >= 0.3 is 5.97 Å². The molecular weight excluding hydrogens is 300 g/mol. The summed E-state index contributed by atoms with van der Waals surface area (Å²) < 4.78 is 4.79. The number of nitro groups is 1. The van der Waals surface area contributed by atoms with Gasteiger partial charge < -0.3 is 14.7 Å². The molecule has 2 rings (SSSR count). The molecule has 1 fully saturated rings. The molecule has 0 aliphatic carbocycles. The monoisotopic (exact) mass is 320 g/mol. The molecule has 0 spiro atoms. The minimum absolute atomic E-state index is 0.0636. The molecule has 1 aliphatic rings. The number of esters is 1. The van der Waals surface area contributed by atoms with E-state index in [1.165, 1.54) is 18.2 Å². The maximum Gasteiger partial charge on any atom is 0.330 e. The maximum atomic E-state index is 11.4. The molecule has 1 aromatic carbocycles. The molecule has 124 valence electrons. The lowest BCUT2D eigenvalue weighted by Gasteiger charge is -2.31. The second kappa shape index (κ2) is 7.73. The highest BCUT2D eigenvalue weighted by atomic mass is 16.6. The number of carbonyl (C=O) groups excluding carboxylic acids is 1. The van der Waals surface area contributed by atoms with E-state index in [1.54, 1.807) is 19.1 Å². The van der Waals surface area contributed by atoms with E-state index in [-0.39, 0.29) is 18.4 Å². The van der Waals surface area contributed by atoms with Crippen molar-refractivity contribution < 1.29 is 19.6 Å². The van der Waals surface area contributed by atoms with Crippen LogP contribution < -0.4 is 4.90 Å². The Bertz CT molecular complexity index is 606. The highest BCUT2D eigenvalue weighted by molar-refractivity contribution is 5.88. The summed E-state index contributed by atoms with van der Waals surface area (Å²) in [6.07, 6.45) is 3.65. The largest absolute Gasteiger partial charge is 0.463 e. The summed E-state index contributed by atoms with van der Waals surface area (Å²) in [5.74, 6) is -0.534. The predicted octanol–water partition coefficient (Wildman–Crippen LogP) is 2.13. The number of hydrogen-bond acceptors (Lipinski definition) is 6. The first-order valence-electron chi connectivity index (χ1n) is 7.57. The maximum absolute atomic E-state index is 11.4.